The van der Waals surface area contributed by atoms with E-state index in [1.54, 1.807) is 0 Å². The normalized spacial score (nSPS) is 21.6. The van der Waals surface area contributed by atoms with E-state index in [0.29, 0.717) is 12.1 Å². The van der Waals surface area contributed by atoms with Gasteiger partial charge in [0.2, 0.25) is 5.91 Å². The Kier molecular flexibility index (Phi) is 5.97. The fourth-order valence-corrected chi connectivity index (χ4v) is 4.23. The first-order valence-corrected chi connectivity index (χ1v) is 10.6. The van der Waals surface area contributed by atoms with Gasteiger partial charge in [-0.1, -0.05) is 24.1 Å². The molecule has 3 fully saturated rings. The third kappa shape index (κ3) is 4.94. The number of benzene rings is 1. The molecule has 2 heterocycles. The lowest BCUT2D eigenvalue weighted by atomic mass is 9.92. The van der Waals surface area contributed by atoms with Crippen LogP contribution in [0.2, 0.25) is 0 Å². The van der Waals surface area contributed by atoms with Crippen molar-refractivity contribution in [1.29, 1.82) is 0 Å². The van der Waals surface area contributed by atoms with E-state index in [-0.39, 0.29) is 17.7 Å². The summed E-state index contributed by atoms with van der Waals surface area (Å²) in [5.74, 6) is 6.12. The van der Waals surface area contributed by atoms with Gasteiger partial charge in [0, 0.05) is 42.6 Å². The van der Waals surface area contributed by atoms with E-state index in [0.717, 1.165) is 70.3 Å². The molecule has 1 saturated carbocycles. The first kappa shape index (κ1) is 19.0. The van der Waals surface area contributed by atoms with Crippen molar-refractivity contribution in [2.75, 3.05) is 26.2 Å². The van der Waals surface area contributed by atoms with Gasteiger partial charge >= 0.3 is 0 Å². The Morgan fingerprint density at radius 2 is 1.57 bits per heavy atom. The number of nitrogens with one attached hydrogen (secondary N) is 1. The molecule has 2 saturated heterocycles. The first-order chi connectivity index (χ1) is 13.7. The maximum atomic E-state index is 12.4. The summed E-state index contributed by atoms with van der Waals surface area (Å²) in [7, 11) is 0. The standard InChI is InChI=1S/C23H29N3O2/c27-22(9-6-18-4-2-1-3-5-18)26-16-12-21(13-17-26)25-14-10-19(11-15-25)23(28)24-20-7-8-20/h1-5,19-21H,7-8,10-17H2,(H,24,28). The quantitative estimate of drug-likeness (QED) is 0.818. The Balaban J connectivity index is 1.21. The van der Waals surface area contributed by atoms with Crippen molar-refractivity contribution in [2.24, 2.45) is 5.92 Å². The van der Waals surface area contributed by atoms with Crippen molar-refractivity contribution in [3.63, 3.8) is 0 Å². The second-order valence-electron chi connectivity index (χ2n) is 8.23. The Labute approximate surface area is 167 Å². The van der Waals surface area contributed by atoms with Crippen LogP contribution in [-0.4, -0.2) is 59.9 Å². The number of likely N-dealkylation sites (tertiary alicyclic amines) is 2. The molecule has 1 aromatic rings. The van der Waals surface area contributed by atoms with Gasteiger partial charge in [0.05, 0.1) is 0 Å². The van der Waals surface area contributed by atoms with Gasteiger partial charge in [-0.05, 0) is 63.7 Å². The molecule has 5 heteroatoms. The van der Waals surface area contributed by atoms with Crippen LogP contribution in [0.4, 0.5) is 0 Å². The van der Waals surface area contributed by atoms with Crippen molar-refractivity contribution in [2.45, 2.75) is 50.6 Å². The second kappa shape index (κ2) is 8.79. The molecule has 4 rings (SSSR count). The lowest BCUT2D eigenvalue weighted by Gasteiger charge is -2.41. The molecule has 0 aromatic heterocycles. The topological polar surface area (TPSA) is 52.7 Å². The molecule has 0 unspecified atom stereocenters. The number of carbonyl (C=O) groups is 2. The lowest BCUT2D eigenvalue weighted by Crippen LogP contribution is -2.50. The van der Waals surface area contributed by atoms with Crippen LogP contribution in [0.5, 0.6) is 0 Å². The molecule has 2 aliphatic heterocycles. The zero-order chi connectivity index (χ0) is 19.3. The molecular weight excluding hydrogens is 350 g/mol. The van der Waals surface area contributed by atoms with E-state index < -0.39 is 0 Å². The summed E-state index contributed by atoms with van der Waals surface area (Å²) < 4.78 is 0. The number of carbonyl (C=O) groups excluding carboxylic acids is 2. The van der Waals surface area contributed by atoms with Crippen molar-refractivity contribution in [3.8, 4) is 11.8 Å². The second-order valence-corrected chi connectivity index (χ2v) is 8.23. The van der Waals surface area contributed by atoms with Gasteiger partial charge in [-0.15, -0.1) is 0 Å². The molecule has 1 aromatic carbocycles. The average molecular weight is 380 g/mol. The third-order valence-corrected chi connectivity index (χ3v) is 6.18. The van der Waals surface area contributed by atoms with Crippen LogP contribution in [-0.2, 0) is 9.59 Å². The minimum absolute atomic E-state index is 0.0715. The van der Waals surface area contributed by atoms with Gasteiger partial charge in [-0.25, -0.2) is 0 Å². The Morgan fingerprint density at radius 1 is 0.893 bits per heavy atom. The van der Waals surface area contributed by atoms with Crippen LogP contribution < -0.4 is 5.32 Å². The van der Waals surface area contributed by atoms with Crippen molar-refractivity contribution in [3.05, 3.63) is 35.9 Å². The summed E-state index contributed by atoms with van der Waals surface area (Å²) in [6, 6.07) is 10.6. The van der Waals surface area contributed by atoms with Crippen LogP contribution in [0.25, 0.3) is 0 Å². The van der Waals surface area contributed by atoms with Crippen molar-refractivity contribution < 1.29 is 9.59 Å². The highest BCUT2D eigenvalue weighted by atomic mass is 16.2. The van der Waals surface area contributed by atoms with Gasteiger partial charge in [0.25, 0.3) is 5.91 Å². The zero-order valence-corrected chi connectivity index (χ0v) is 16.4. The highest BCUT2D eigenvalue weighted by Crippen LogP contribution is 2.26. The maximum absolute atomic E-state index is 12.4. The summed E-state index contributed by atoms with van der Waals surface area (Å²) in [4.78, 5) is 29.0. The fraction of sp³-hybridized carbons (Fsp3) is 0.565. The lowest BCUT2D eigenvalue weighted by molar-refractivity contribution is -0.128. The summed E-state index contributed by atoms with van der Waals surface area (Å²) in [6.45, 7) is 3.54. The van der Waals surface area contributed by atoms with Gasteiger partial charge in [-0.2, -0.15) is 0 Å². The molecule has 0 spiro atoms. The van der Waals surface area contributed by atoms with Crippen molar-refractivity contribution in [1.82, 2.24) is 15.1 Å². The zero-order valence-electron chi connectivity index (χ0n) is 16.4. The number of piperidine rings is 2. The Hall–Kier alpha value is -2.32. The molecule has 0 bridgehead atoms. The number of rotatable bonds is 3. The van der Waals surface area contributed by atoms with E-state index in [4.69, 9.17) is 0 Å². The maximum Gasteiger partial charge on any atom is 0.298 e. The monoisotopic (exact) mass is 379 g/mol. The van der Waals surface area contributed by atoms with Crippen LogP contribution >= 0.6 is 0 Å². The molecule has 0 radical (unpaired) electrons. The molecule has 3 aliphatic rings. The van der Waals surface area contributed by atoms with E-state index >= 15 is 0 Å². The third-order valence-electron chi connectivity index (χ3n) is 6.18. The highest BCUT2D eigenvalue weighted by Gasteiger charge is 2.33. The number of nitrogens with zero attached hydrogens (tertiary/aromatic N) is 2. The molecule has 1 aliphatic carbocycles. The van der Waals surface area contributed by atoms with E-state index in [9.17, 15) is 9.59 Å². The van der Waals surface area contributed by atoms with E-state index in [1.807, 2.05) is 35.2 Å². The predicted molar refractivity (Wildman–Crippen MR) is 108 cm³/mol. The molecule has 1 N–H and O–H groups in total. The number of hydrogen-bond donors (Lipinski definition) is 1. The van der Waals surface area contributed by atoms with E-state index in [2.05, 4.69) is 22.1 Å². The van der Waals surface area contributed by atoms with Crippen LogP contribution in [0.3, 0.4) is 0 Å². The van der Waals surface area contributed by atoms with Gasteiger partial charge in [0.1, 0.15) is 0 Å². The molecule has 5 nitrogen and oxygen atoms in total. The van der Waals surface area contributed by atoms with Gasteiger partial charge in [-0.3, -0.25) is 9.59 Å². The smallest absolute Gasteiger partial charge is 0.298 e. The van der Waals surface area contributed by atoms with Crippen LogP contribution in [0.1, 0.15) is 44.1 Å². The SMILES string of the molecule is O=C(NC1CC1)C1CCN(C2CCN(C(=O)C#Cc3ccccc3)CC2)CC1. The summed E-state index contributed by atoms with van der Waals surface area (Å²) in [5, 5.41) is 3.15. The average Bonchev–Trinajstić information content (AvgIpc) is 3.57. The highest BCUT2D eigenvalue weighted by molar-refractivity contribution is 5.94. The molecular formula is C23H29N3O2. The molecule has 148 valence electrons. The van der Waals surface area contributed by atoms with Gasteiger partial charge < -0.3 is 15.1 Å². The fourth-order valence-electron chi connectivity index (χ4n) is 4.23. The minimum atomic E-state index is -0.0715. The van der Waals surface area contributed by atoms with Crippen LogP contribution in [0, 0.1) is 17.8 Å². The van der Waals surface area contributed by atoms with Crippen molar-refractivity contribution >= 4 is 11.8 Å². The molecule has 28 heavy (non-hydrogen) atoms. The first-order valence-electron chi connectivity index (χ1n) is 10.6. The van der Waals surface area contributed by atoms with Crippen LogP contribution in [0.15, 0.2) is 30.3 Å². The largest absolute Gasteiger partial charge is 0.353 e. The summed E-state index contributed by atoms with van der Waals surface area (Å²) in [6.07, 6.45) is 6.21. The minimum Gasteiger partial charge on any atom is -0.353 e. The van der Waals surface area contributed by atoms with E-state index in [1.165, 1.54) is 0 Å². The molecule has 0 atom stereocenters. The molecule has 2 amide bonds. The number of amides is 2. The summed E-state index contributed by atoms with van der Waals surface area (Å²) in [5.41, 5.74) is 0.874. The number of hydrogen-bond acceptors (Lipinski definition) is 3. The predicted octanol–water partition coefficient (Wildman–Crippen LogP) is 2.02. The van der Waals surface area contributed by atoms with Gasteiger partial charge in [0.15, 0.2) is 0 Å². The Morgan fingerprint density at radius 3 is 2.21 bits per heavy atom. The summed E-state index contributed by atoms with van der Waals surface area (Å²) >= 11 is 0. The Bertz CT molecular complexity index is 747.